The number of hydrogen-bond acceptors (Lipinski definition) is 9. The number of nitrogens with zero attached hydrogens (tertiary/aromatic N) is 2. The van der Waals surface area contributed by atoms with E-state index >= 15 is 0 Å². The van der Waals surface area contributed by atoms with Gasteiger partial charge in [0.2, 0.25) is 5.91 Å². The maximum atomic E-state index is 12.7. The van der Waals surface area contributed by atoms with E-state index in [4.69, 9.17) is 9.84 Å². The first kappa shape index (κ1) is 25.0. The summed E-state index contributed by atoms with van der Waals surface area (Å²) in [5.41, 5.74) is 0.595. The van der Waals surface area contributed by atoms with Crippen LogP contribution in [0.15, 0.2) is 24.3 Å². The van der Waals surface area contributed by atoms with Crippen LogP contribution >= 0.6 is 23.5 Å². The number of rotatable bonds is 10. The van der Waals surface area contributed by atoms with Crippen LogP contribution in [-0.2, 0) is 20.9 Å². The van der Waals surface area contributed by atoms with Gasteiger partial charge in [0, 0.05) is 54.8 Å². The normalized spacial score (nSPS) is 17.9. The minimum absolute atomic E-state index is 0.0148. The molecule has 2 atom stereocenters. The average molecular weight is 472 g/mol. The van der Waals surface area contributed by atoms with Crippen molar-refractivity contribution in [3.05, 3.63) is 39.9 Å². The molecule has 0 bridgehead atoms. The molecule has 0 saturated carbocycles. The largest absolute Gasteiger partial charge is 0.445 e. The Kier molecular flexibility index (Phi) is 10.1. The number of ether oxygens (including phenoxy) is 1. The minimum Gasteiger partial charge on any atom is -0.445 e. The molecule has 2 N–H and O–H groups in total. The monoisotopic (exact) mass is 471 g/mol. The SMILES string of the molecule is CC(=O)S[C@@H]1C[C@@H](CSCCC(=O)NCO)N(C(=O)OCc2ccc([N+](=O)[O-])cc2)C1. The molecule has 1 aliphatic rings. The number of nitro groups is 1. The summed E-state index contributed by atoms with van der Waals surface area (Å²) in [6, 6.07) is 5.64. The van der Waals surface area contributed by atoms with Gasteiger partial charge in [0.1, 0.15) is 13.3 Å². The Labute approximate surface area is 188 Å². The van der Waals surface area contributed by atoms with Crippen LogP contribution in [0, 0.1) is 10.1 Å². The molecule has 10 nitrogen and oxygen atoms in total. The summed E-state index contributed by atoms with van der Waals surface area (Å²) in [6.07, 6.45) is 0.398. The molecular weight excluding hydrogens is 446 g/mol. The number of nitrogens with one attached hydrogen (secondary N) is 1. The van der Waals surface area contributed by atoms with E-state index in [1.165, 1.54) is 54.7 Å². The number of non-ortho nitro benzene ring substituents is 1. The molecule has 2 amide bonds. The fraction of sp³-hybridized carbons (Fsp3) is 0.526. The van der Waals surface area contributed by atoms with Crippen molar-refractivity contribution in [2.75, 3.05) is 24.8 Å². The van der Waals surface area contributed by atoms with Crippen LogP contribution in [0.25, 0.3) is 0 Å². The fourth-order valence-corrected chi connectivity index (χ4v) is 5.19. The number of nitro benzene ring substituents is 1. The van der Waals surface area contributed by atoms with Crippen LogP contribution in [0.4, 0.5) is 10.5 Å². The molecule has 1 aliphatic heterocycles. The number of carbonyl (C=O) groups is 3. The van der Waals surface area contributed by atoms with Gasteiger partial charge in [-0.05, 0) is 24.1 Å². The number of benzene rings is 1. The van der Waals surface area contributed by atoms with Crippen molar-refractivity contribution in [3.63, 3.8) is 0 Å². The van der Waals surface area contributed by atoms with Crippen LogP contribution in [0.3, 0.4) is 0 Å². The van der Waals surface area contributed by atoms with Crippen LogP contribution in [0.1, 0.15) is 25.3 Å². The van der Waals surface area contributed by atoms with Gasteiger partial charge in [-0.25, -0.2) is 4.79 Å². The Morgan fingerprint density at radius 1 is 1.32 bits per heavy atom. The summed E-state index contributed by atoms with van der Waals surface area (Å²) in [7, 11) is 0. The first-order valence-electron chi connectivity index (χ1n) is 9.59. The molecule has 1 aromatic carbocycles. The highest BCUT2D eigenvalue weighted by Crippen LogP contribution is 2.30. The second-order valence-electron chi connectivity index (χ2n) is 6.83. The predicted octanol–water partition coefficient (Wildman–Crippen LogP) is 2.14. The lowest BCUT2D eigenvalue weighted by atomic mass is 10.2. The average Bonchev–Trinajstić information content (AvgIpc) is 3.11. The highest BCUT2D eigenvalue weighted by molar-refractivity contribution is 8.14. The predicted molar refractivity (Wildman–Crippen MR) is 118 cm³/mol. The van der Waals surface area contributed by atoms with Crippen LogP contribution in [-0.4, -0.2) is 68.1 Å². The molecule has 2 rings (SSSR count). The quantitative estimate of drug-likeness (QED) is 0.227. The van der Waals surface area contributed by atoms with Crippen molar-refractivity contribution in [1.29, 1.82) is 0 Å². The molecule has 0 radical (unpaired) electrons. The zero-order valence-corrected chi connectivity index (χ0v) is 18.7. The maximum Gasteiger partial charge on any atom is 0.410 e. The van der Waals surface area contributed by atoms with Gasteiger partial charge >= 0.3 is 6.09 Å². The van der Waals surface area contributed by atoms with Crippen molar-refractivity contribution in [2.45, 2.75) is 37.7 Å². The Balaban J connectivity index is 1.89. The molecule has 12 heteroatoms. The standard InChI is InChI=1S/C19H25N3O7S2/c1-13(24)31-17-8-16(11-30-7-6-18(25)20-12-23)21(9-17)19(26)29-10-14-2-4-15(5-3-14)22(27)28/h2-5,16-17,23H,6-12H2,1H3,(H,20,25)/t16-,17+/m0/s1. The first-order valence-corrected chi connectivity index (χ1v) is 11.6. The van der Waals surface area contributed by atoms with Crippen LogP contribution in [0.2, 0.25) is 0 Å². The van der Waals surface area contributed by atoms with E-state index in [1.807, 2.05) is 0 Å². The minimum atomic E-state index is -0.506. The third-order valence-corrected chi connectivity index (χ3v) is 6.63. The lowest BCUT2D eigenvalue weighted by Crippen LogP contribution is -2.37. The second kappa shape index (κ2) is 12.5. The summed E-state index contributed by atoms with van der Waals surface area (Å²) in [5, 5.41) is 21.7. The Morgan fingerprint density at radius 2 is 2.03 bits per heavy atom. The lowest BCUT2D eigenvalue weighted by molar-refractivity contribution is -0.384. The first-order chi connectivity index (χ1) is 14.8. The van der Waals surface area contributed by atoms with Crippen molar-refractivity contribution >= 4 is 46.3 Å². The van der Waals surface area contributed by atoms with Gasteiger partial charge in [0.05, 0.1) is 4.92 Å². The highest BCUT2D eigenvalue weighted by Gasteiger charge is 2.37. The van der Waals surface area contributed by atoms with E-state index in [9.17, 15) is 24.5 Å². The third-order valence-electron chi connectivity index (χ3n) is 4.51. The summed E-state index contributed by atoms with van der Waals surface area (Å²) >= 11 is 2.72. The Hall–Kier alpha value is -2.31. The summed E-state index contributed by atoms with van der Waals surface area (Å²) in [4.78, 5) is 47.4. The van der Waals surface area contributed by atoms with Gasteiger partial charge in [0.25, 0.3) is 5.69 Å². The van der Waals surface area contributed by atoms with Crippen molar-refractivity contribution in [3.8, 4) is 0 Å². The fourth-order valence-electron chi connectivity index (χ4n) is 3.08. The molecule has 1 aromatic rings. The number of hydrogen-bond donors (Lipinski definition) is 2. The molecule has 1 saturated heterocycles. The van der Waals surface area contributed by atoms with Gasteiger partial charge in [0.15, 0.2) is 5.12 Å². The van der Waals surface area contributed by atoms with Gasteiger partial charge in [-0.3, -0.25) is 19.7 Å². The molecule has 0 unspecified atom stereocenters. The van der Waals surface area contributed by atoms with E-state index in [-0.39, 0.29) is 41.0 Å². The molecule has 1 fully saturated rings. The van der Waals surface area contributed by atoms with Gasteiger partial charge in [-0.1, -0.05) is 11.8 Å². The molecule has 1 heterocycles. The van der Waals surface area contributed by atoms with Crippen LogP contribution in [0.5, 0.6) is 0 Å². The van der Waals surface area contributed by atoms with E-state index in [0.717, 1.165) is 0 Å². The van der Waals surface area contributed by atoms with Gasteiger partial charge in [-0.2, -0.15) is 11.8 Å². The van der Waals surface area contributed by atoms with E-state index in [2.05, 4.69) is 5.32 Å². The smallest absolute Gasteiger partial charge is 0.410 e. The topological polar surface area (TPSA) is 139 Å². The second-order valence-corrected chi connectivity index (χ2v) is 9.46. The van der Waals surface area contributed by atoms with Crippen LogP contribution < -0.4 is 5.32 Å². The number of thioether (sulfide) groups is 2. The van der Waals surface area contributed by atoms with E-state index < -0.39 is 17.7 Å². The highest BCUT2D eigenvalue weighted by atomic mass is 32.2. The van der Waals surface area contributed by atoms with Crippen molar-refractivity contribution in [1.82, 2.24) is 10.2 Å². The Bertz CT molecular complexity index is 791. The summed E-state index contributed by atoms with van der Waals surface area (Å²) in [5.74, 6) is 0.887. The maximum absolute atomic E-state index is 12.7. The van der Waals surface area contributed by atoms with E-state index in [0.29, 0.717) is 30.0 Å². The molecule has 0 spiro atoms. The van der Waals surface area contributed by atoms with E-state index in [1.54, 1.807) is 4.90 Å². The number of carbonyl (C=O) groups excluding carboxylic acids is 3. The number of amides is 2. The van der Waals surface area contributed by atoms with Gasteiger partial charge in [-0.15, -0.1) is 0 Å². The van der Waals surface area contributed by atoms with Crippen molar-refractivity contribution < 1.29 is 29.2 Å². The molecular formula is C19H25N3O7S2. The number of aliphatic hydroxyl groups excluding tert-OH is 1. The Morgan fingerprint density at radius 3 is 2.65 bits per heavy atom. The lowest BCUT2D eigenvalue weighted by Gasteiger charge is -2.23. The zero-order valence-electron chi connectivity index (χ0n) is 17.0. The summed E-state index contributed by atoms with van der Waals surface area (Å²) in [6.45, 7) is 1.47. The zero-order chi connectivity index (χ0) is 22.8. The van der Waals surface area contributed by atoms with Gasteiger partial charge < -0.3 is 20.1 Å². The number of likely N-dealkylation sites (tertiary alicyclic amines) is 1. The molecule has 31 heavy (non-hydrogen) atoms. The number of aliphatic hydroxyl groups is 1. The molecule has 170 valence electrons. The molecule has 0 aromatic heterocycles. The molecule has 0 aliphatic carbocycles. The van der Waals surface area contributed by atoms with Crippen molar-refractivity contribution in [2.24, 2.45) is 0 Å². The third kappa shape index (κ3) is 8.38. The summed E-state index contributed by atoms with van der Waals surface area (Å²) < 4.78 is 5.39.